The Labute approximate surface area is 163 Å². The lowest BCUT2D eigenvalue weighted by atomic mass is 9.97. The lowest BCUT2D eigenvalue weighted by Gasteiger charge is -2.20. The van der Waals surface area contributed by atoms with Gasteiger partial charge in [-0.3, -0.25) is 10.1 Å². The number of halogens is 1. The van der Waals surface area contributed by atoms with Crippen LogP contribution in [0.4, 0.5) is 5.13 Å². The molecule has 1 saturated heterocycles. The highest BCUT2D eigenvalue weighted by atomic mass is 35.5. The summed E-state index contributed by atoms with van der Waals surface area (Å²) in [6, 6.07) is 0. The number of hydrogen-bond donors (Lipinski definition) is 2. The number of nitrogens with zero attached hydrogens (tertiary/aromatic N) is 2. The summed E-state index contributed by atoms with van der Waals surface area (Å²) in [5, 5.41) is 8.04. The van der Waals surface area contributed by atoms with Gasteiger partial charge in [0.05, 0.1) is 10.7 Å². The Morgan fingerprint density at radius 2 is 2.08 bits per heavy atom. The number of aryl methyl sites for hydroxylation is 1. The minimum atomic E-state index is -0.0915. The Bertz CT molecular complexity index is 707. The number of carbonyl (C=O) groups is 1. The Morgan fingerprint density at radius 3 is 2.76 bits per heavy atom. The highest BCUT2D eigenvalue weighted by Crippen LogP contribution is 2.32. The van der Waals surface area contributed by atoms with E-state index in [2.05, 4.69) is 34.4 Å². The fourth-order valence-corrected chi connectivity index (χ4v) is 5.05. The average molecular weight is 401 g/mol. The van der Waals surface area contributed by atoms with Gasteiger partial charge in [0.1, 0.15) is 4.88 Å². The van der Waals surface area contributed by atoms with Crippen LogP contribution >= 0.6 is 35.1 Å². The van der Waals surface area contributed by atoms with Crippen molar-refractivity contribution in [3.63, 3.8) is 0 Å². The van der Waals surface area contributed by atoms with E-state index in [1.807, 2.05) is 13.1 Å². The molecule has 8 heteroatoms. The minimum Gasteiger partial charge on any atom is -0.317 e. The molecule has 0 unspecified atom stereocenters. The van der Waals surface area contributed by atoms with Crippen LogP contribution in [0.25, 0.3) is 0 Å². The van der Waals surface area contributed by atoms with Gasteiger partial charge in [-0.2, -0.15) is 0 Å². The normalized spacial score (nSPS) is 15.2. The number of rotatable bonds is 5. The molecule has 25 heavy (non-hydrogen) atoms. The van der Waals surface area contributed by atoms with Gasteiger partial charge < -0.3 is 5.32 Å². The van der Waals surface area contributed by atoms with Crippen LogP contribution in [0.15, 0.2) is 6.20 Å². The van der Waals surface area contributed by atoms with Crippen LogP contribution in [0.3, 0.4) is 0 Å². The van der Waals surface area contributed by atoms with Crippen molar-refractivity contribution >= 4 is 46.1 Å². The number of thiazole rings is 2. The standard InChI is InChI=1S/C17H24N4OS2.ClH/c1-10(2)8-14-20-11(3)15(24-14)16(22)21-17-19-9-13(23-17)12-4-6-18-7-5-12;/h9-10,12,18H,4-8H2,1-3H3,(H,19,21,22);1H. The van der Waals surface area contributed by atoms with Gasteiger partial charge in [-0.15, -0.1) is 35.1 Å². The number of amides is 1. The molecular formula is C17H25ClN4OS2. The van der Waals surface area contributed by atoms with Crippen molar-refractivity contribution < 1.29 is 4.79 Å². The summed E-state index contributed by atoms with van der Waals surface area (Å²) in [4.78, 5) is 23.4. The van der Waals surface area contributed by atoms with E-state index in [-0.39, 0.29) is 18.3 Å². The van der Waals surface area contributed by atoms with Crippen LogP contribution < -0.4 is 10.6 Å². The molecule has 1 aliphatic rings. The van der Waals surface area contributed by atoms with Gasteiger partial charge in [0.15, 0.2) is 5.13 Å². The molecule has 0 spiro atoms. The monoisotopic (exact) mass is 400 g/mol. The van der Waals surface area contributed by atoms with Crippen molar-refractivity contribution in [2.24, 2.45) is 5.92 Å². The van der Waals surface area contributed by atoms with Crippen LogP contribution in [0.5, 0.6) is 0 Å². The summed E-state index contributed by atoms with van der Waals surface area (Å²) in [7, 11) is 0. The zero-order valence-corrected chi connectivity index (χ0v) is 17.2. The summed E-state index contributed by atoms with van der Waals surface area (Å²) in [5.41, 5.74) is 0.809. The van der Waals surface area contributed by atoms with E-state index < -0.39 is 0 Å². The molecule has 2 N–H and O–H groups in total. The zero-order valence-electron chi connectivity index (χ0n) is 14.8. The van der Waals surface area contributed by atoms with Crippen molar-refractivity contribution in [2.45, 2.75) is 46.0 Å². The molecule has 5 nitrogen and oxygen atoms in total. The predicted octanol–water partition coefficient (Wildman–Crippen LogP) is 4.25. The van der Waals surface area contributed by atoms with Gasteiger partial charge in [0, 0.05) is 17.5 Å². The van der Waals surface area contributed by atoms with E-state index in [0.717, 1.165) is 43.1 Å². The first-order valence-corrected chi connectivity index (χ1v) is 10.1. The quantitative estimate of drug-likeness (QED) is 0.787. The third-order valence-corrected chi connectivity index (χ3v) is 6.37. The smallest absolute Gasteiger partial charge is 0.269 e. The van der Waals surface area contributed by atoms with E-state index in [1.54, 1.807) is 11.3 Å². The van der Waals surface area contributed by atoms with Gasteiger partial charge >= 0.3 is 0 Å². The first-order valence-electron chi connectivity index (χ1n) is 8.47. The molecule has 3 heterocycles. The number of aromatic nitrogens is 2. The molecule has 0 atom stereocenters. The van der Waals surface area contributed by atoms with Crippen molar-refractivity contribution in [3.05, 3.63) is 26.7 Å². The Kier molecular flexibility index (Phi) is 7.37. The van der Waals surface area contributed by atoms with Gasteiger partial charge in [-0.05, 0) is 44.7 Å². The second-order valence-electron chi connectivity index (χ2n) is 6.67. The van der Waals surface area contributed by atoms with E-state index in [0.29, 0.717) is 21.8 Å². The van der Waals surface area contributed by atoms with Crippen molar-refractivity contribution in [1.29, 1.82) is 0 Å². The average Bonchev–Trinajstić information content (AvgIpc) is 3.14. The summed E-state index contributed by atoms with van der Waals surface area (Å²) < 4.78 is 0. The number of piperidine rings is 1. The fraction of sp³-hybridized carbons (Fsp3) is 0.588. The number of carbonyl (C=O) groups excluding carboxylic acids is 1. The number of nitrogens with one attached hydrogen (secondary N) is 2. The van der Waals surface area contributed by atoms with Crippen LogP contribution in [-0.4, -0.2) is 29.0 Å². The Balaban J connectivity index is 0.00000225. The summed E-state index contributed by atoms with van der Waals surface area (Å²) >= 11 is 3.09. The summed E-state index contributed by atoms with van der Waals surface area (Å²) in [6.45, 7) is 8.34. The minimum absolute atomic E-state index is 0. The molecular weight excluding hydrogens is 376 g/mol. The Hall–Kier alpha value is -1.02. The topological polar surface area (TPSA) is 66.9 Å². The maximum atomic E-state index is 12.5. The van der Waals surface area contributed by atoms with E-state index in [1.165, 1.54) is 16.2 Å². The molecule has 3 rings (SSSR count). The highest BCUT2D eigenvalue weighted by molar-refractivity contribution is 7.16. The second kappa shape index (κ2) is 9.07. The van der Waals surface area contributed by atoms with Crippen molar-refractivity contribution in [2.75, 3.05) is 18.4 Å². The number of hydrogen-bond acceptors (Lipinski definition) is 6. The maximum Gasteiger partial charge on any atom is 0.269 e. The molecule has 2 aromatic heterocycles. The van der Waals surface area contributed by atoms with Gasteiger partial charge in [0.25, 0.3) is 5.91 Å². The largest absolute Gasteiger partial charge is 0.317 e. The van der Waals surface area contributed by atoms with E-state index in [4.69, 9.17) is 0 Å². The molecule has 2 aromatic rings. The van der Waals surface area contributed by atoms with Gasteiger partial charge in [0.2, 0.25) is 0 Å². The van der Waals surface area contributed by atoms with Crippen LogP contribution in [0, 0.1) is 12.8 Å². The van der Waals surface area contributed by atoms with Crippen LogP contribution in [-0.2, 0) is 6.42 Å². The molecule has 0 bridgehead atoms. The molecule has 1 fully saturated rings. The zero-order chi connectivity index (χ0) is 17.1. The summed E-state index contributed by atoms with van der Waals surface area (Å²) in [6.07, 6.45) is 5.11. The predicted molar refractivity (Wildman–Crippen MR) is 108 cm³/mol. The van der Waals surface area contributed by atoms with Crippen molar-refractivity contribution in [1.82, 2.24) is 15.3 Å². The lowest BCUT2D eigenvalue weighted by molar-refractivity contribution is 0.103. The first kappa shape index (κ1) is 20.3. The third kappa shape index (κ3) is 5.23. The van der Waals surface area contributed by atoms with Crippen LogP contribution in [0.1, 0.15) is 57.9 Å². The highest BCUT2D eigenvalue weighted by Gasteiger charge is 2.20. The Morgan fingerprint density at radius 1 is 1.36 bits per heavy atom. The third-order valence-electron chi connectivity index (χ3n) is 4.12. The van der Waals surface area contributed by atoms with E-state index >= 15 is 0 Å². The number of anilines is 1. The molecule has 0 aliphatic carbocycles. The van der Waals surface area contributed by atoms with E-state index in [9.17, 15) is 4.79 Å². The molecule has 1 amide bonds. The fourth-order valence-electron chi connectivity index (χ4n) is 2.89. The molecule has 1 aliphatic heterocycles. The van der Waals surface area contributed by atoms with Gasteiger partial charge in [-0.1, -0.05) is 13.8 Å². The second-order valence-corrected chi connectivity index (χ2v) is 8.81. The van der Waals surface area contributed by atoms with Crippen LogP contribution in [0.2, 0.25) is 0 Å². The molecule has 138 valence electrons. The summed E-state index contributed by atoms with van der Waals surface area (Å²) in [5.74, 6) is 1.02. The molecule has 0 saturated carbocycles. The van der Waals surface area contributed by atoms with Crippen molar-refractivity contribution in [3.8, 4) is 0 Å². The maximum absolute atomic E-state index is 12.5. The molecule has 0 radical (unpaired) electrons. The first-order chi connectivity index (χ1) is 11.5. The molecule has 0 aromatic carbocycles. The SMILES string of the molecule is Cc1nc(CC(C)C)sc1C(=O)Nc1ncc(C2CCNCC2)s1.Cl. The lowest BCUT2D eigenvalue weighted by Crippen LogP contribution is -2.26. The van der Waals surface area contributed by atoms with Gasteiger partial charge in [-0.25, -0.2) is 9.97 Å².